The Bertz CT molecular complexity index is 202. The van der Waals surface area contributed by atoms with Gasteiger partial charge < -0.3 is 9.90 Å². The molecule has 0 saturated heterocycles. The summed E-state index contributed by atoms with van der Waals surface area (Å²) in [5, 5.41) is 9.36. The summed E-state index contributed by atoms with van der Waals surface area (Å²) in [6, 6.07) is 0. The van der Waals surface area contributed by atoms with Crippen molar-refractivity contribution in [3.05, 3.63) is 0 Å². The van der Waals surface area contributed by atoms with Gasteiger partial charge in [0.25, 0.3) is 0 Å². The fraction of sp³-hybridized carbons (Fsp3) is 0.944. The first kappa shape index (κ1) is 19.6. The molecule has 0 bridgehead atoms. The zero-order chi connectivity index (χ0) is 15.1. The molecule has 0 aliphatic heterocycles. The zero-order valence-corrected chi connectivity index (χ0v) is 13.8. The third-order valence-electron chi connectivity index (χ3n) is 4.19. The summed E-state index contributed by atoms with van der Waals surface area (Å²) < 4.78 is 0. The minimum atomic E-state index is -0.486. The molecule has 20 heavy (non-hydrogen) atoms. The number of hydrogen-bond acceptors (Lipinski definition) is 2. The number of aliphatic hydroxyl groups excluding tert-OH is 1. The number of carbonyl (C=O) groups excluding carboxylic acids is 1. The Labute approximate surface area is 126 Å². The van der Waals surface area contributed by atoms with Gasteiger partial charge >= 0.3 is 0 Å². The minimum absolute atomic E-state index is 0.155. The Morgan fingerprint density at radius 2 is 1.20 bits per heavy atom. The molecule has 0 spiro atoms. The van der Waals surface area contributed by atoms with E-state index < -0.39 is 6.10 Å². The second-order valence-electron chi connectivity index (χ2n) is 6.22. The third kappa shape index (κ3) is 12.7. The van der Waals surface area contributed by atoms with Crippen LogP contribution in [-0.4, -0.2) is 17.5 Å². The predicted molar refractivity (Wildman–Crippen MR) is 86.9 cm³/mol. The van der Waals surface area contributed by atoms with E-state index in [1.807, 2.05) is 0 Å². The Morgan fingerprint density at radius 3 is 1.55 bits per heavy atom. The van der Waals surface area contributed by atoms with Crippen LogP contribution in [0, 0.1) is 5.92 Å². The molecule has 2 atom stereocenters. The van der Waals surface area contributed by atoms with Crippen LogP contribution >= 0.6 is 0 Å². The van der Waals surface area contributed by atoms with Gasteiger partial charge in [-0.05, 0) is 13.3 Å². The van der Waals surface area contributed by atoms with E-state index in [1.165, 1.54) is 70.6 Å². The van der Waals surface area contributed by atoms with Gasteiger partial charge in [-0.2, -0.15) is 0 Å². The highest BCUT2D eigenvalue weighted by Crippen LogP contribution is 2.15. The summed E-state index contributed by atoms with van der Waals surface area (Å²) in [5.74, 6) is -0.155. The average molecular weight is 284 g/mol. The number of aliphatic hydroxyl groups is 1. The van der Waals surface area contributed by atoms with Crippen molar-refractivity contribution < 1.29 is 9.90 Å². The first-order chi connectivity index (χ1) is 9.72. The van der Waals surface area contributed by atoms with E-state index in [2.05, 4.69) is 6.92 Å². The van der Waals surface area contributed by atoms with Crippen LogP contribution in [0.25, 0.3) is 0 Å². The molecular weight excluding hydrogens is 248 g/mol. The molecule has 2 unspecified atom stereocenters. The van der Waals surface area contributed by atoms with Crippen LogP contribution in [0.3, 0.4) is 0 Å². The van der Waals surface area contributed by atoms with Gasteiger partial charge in [-0.25, -0.2) is 0 Å². The molecule has 0 aromatic carbocycles. The molecule has 0 aromatic heterocycles. The average Bonchev–Trinajstić information content (AvgIpc) is 2.43. The van der Waals surface area contributed by atoms with E-state index in [0.717, 1.165) is 19.1 Å². The Kier molecular flexibility index (Phi) is 14.7. The SMILES string of the molecule is CCCCCCCCCCCCCCC(C=O)C(C)O. The summed E-state index contributed by atoms with van der Waals surface area (Å²) in [7, 11) is 0. The Hall–Kier alpha value is -0.370. The van der Waals surface area contributed by atoms with Crippen molar-refractivity contribution in [1.29, 1.82) is 0 Å². The molecule has 0 fully saturated rings. The molecule has 0 aromatic rings. The monoisotopic (exact) mass is 284 g/mol. The van der Waals surface area contributed by atoms with Crippen LogP contribution < -0.4 is 0 Å². The molecule has 0 rings (SSSR count). The van der Waals surface area contributed by atoms with E-state index in [-0.39, 0.29) is 5.92 Å². The lowest BCUT2D eigenvalue weighted by molar-refractivity contribution is -0.114. The second kappa shape index (κ2) is 15.0. The van der Waals surface area contributed by atoms with Crippen molar-refractivity contribution in [3.63, 3.8) is 0 Å². The van der Waals surface area contributed by atoms with Crippen LogP contribution in [0.4, 0.5) is 0 Å². The highest BCUT2D eigenvalue weighted by Gasteiger charge is 2.12. The van der Waals surface area contributed by atoms with Crippen LogP contribution in [0.5, 0.6) is 0 Å². The lowest BCUT2D eigenvalue weighted by Gasteiger charge is -2.12. The number of carbonyl (C=O) groups is 1. The molecule has 0 radical (unpaired) electrons. The molecule has 0 amide bonds. The van der Waals surface area contributed by atoms with Crippen LogP contribution in [0.2, 0.25) is 0 Å². The van der Waals surface area contributed by atoms with Gasteiger partial charge in [-0.15, -0.1) is 0 Å². The summed E-state index contributed by atoms with van der Waals surface area (Å²) >= 11 is 0. The van der Waals surface area contributed by atoms with Gasteiger partial charge in [0.05, 0.1) is 6.10 Å². The molecule has 0 heterocycles. The van der Waals surface area contributed by atoms with Crippen molar-refractivity contribution in [2.75, 3.05) is 0 Å². The Morgan fingerprint density at radius 1 is 0.800 bits per heavy atom. The maximum Gasteiger partial charge on any atom is 0.125 e. The topological polar surface area (TPSA) is 37.3 Å². The normalized spacial score (nSPS) is 14.2. The zero-order valence-electron chi connectivity index (χ0n) is 13.8. The fourth-order valence-corrected chi connectivity index (χ4v) is 2.64. The predicted octanol–water partition coefficient (Wildman–Crippen LogP) is 5.27. The molecular formula is C18H36O2. The molecule has 2 nitrogen and oxygen atoms in total. The Balaban J connectivity index is 3.15. The van der Waals surface area contributed by atoms with E-state index in [9.17, 15) is 9.90 Å². The van der Waals surface area contributed by atoms with Crippen molar-refractivity contribution >= 4 is 6.29 Å². The van der Waals surface area contributed by atoms with Gasteiger partial charge in [0.2, 0.25) is 0 Å². The third-order valence-corrected chi connectivity index (χ3v) is 4.19. The first-order valence-electron chi connectivity index (χ1n) is 8.85. The van der Waals surface area contributed by atoms with Crippen LogP contribution in [-0.2, 0) is 4.79 Å². The summed E-state index contributed by atoms with van der Waals surface area (Å²) in [5.41, 5.74) is 0. The lowest BCUT2D eigenvalue weighted by Crippen LogP contribution is -2.17. The second-order valence-corrected chi connectivity index (χ2v) is 6.22. The largest absolute Gasteiger partial charge is 0.393 e. The van der Waals surface area contributed by atoms with Gasteiger partial charge in [0, 0.05) is 5.92 Å². The van der Waals surface area contributed by atoms with E-state index >= 15 is 0 Å². The molecule has 1 N–H and O–H groups in total. The van der Waals surface area contributed by atoms with E-state index in [1.54, 1.807) is 6.92 Å². The van der Waals surface area contributed by atoms with Crippen molar-refractivity contribution in [2.24, 2.45) is 5.92 Å². The number of hydrogen-bond donors (Lipinski definition) is 1. The minimum Gasteiger partial charge on any atom is -0.393 e. The van der Waals surface area contributed by atoms with Crippen molar-refractivity contribution in [1.82, 2.24) is 0 Å². The van der Waals surface area contributed by atoms with Gasteiger partial charge in [-0.3, -0.25) is 0 Å². The lowest BCUT2D eigenvalue weighted by atomic mass is 9.97. The molecule has 120 valence electrons. The molecule has 0 aliphatic rings. The van der Waals surface area contributed by atoms with Crippen LogP contribution in [0.15, 0.2) is 0 Å². The highest BCUT2D eigenvalue weighted by molar-refractivity contribution is 5.54. The molecule has 2 heteroatoms. The van der Waals surface area contributed by atoms with Crippen molar-refractivity contribution in [2.45, 2.75) is 103 Å². The molecule has 0 aliphatic carbocycles. The smallest absolute Gasteiger partial charge is 0.125 e. The van der Waals surface area contributed by atoms with Gasteiger partial charge in [0.15, 0.2) is 0 Å². The summed E-state index contributed by atoms with van der Waals surface area (Å²) in [4.78, 5) is 10.7. The highest BCUT2D eigenvalue weighted by atomic mass is 16.3. The summed E-state index contributed by atoms with van der Waals surface area (Å²) in [6.45, 7) is 3.97. The molecule has 0 saturated carbocycles. The fourth-order valence-electron chi connectivity index (χ4n) is 2.64. The quantitative estimate of drug-likeness (QED) is 0.328. The standard InChI is InChI=1S/C18H36O2/c1-3-4-5-6-7-8-9-10-11-12-13-14-15-18(16-19)17(2)20/h16-18,20H,3-15H2,1-2H3. The number of aldehydes is 1. The maximum absolute atomic E-state index is 10.7. The van der Waals surface area contributed by atoms with Gasteiger partial charge in [-0.1, -0.05) is 84.0 Å². The van der Waals surface area contributed by atoms with Crippen LogP contribution in [0.1, 0.15) is 97.3 Å². The summed E-state index contributed by atoms with van der Waals surface area (Å²) in [6.07, 6.45) is 17.3. The first-order valence-corrected chi connectivity index (χ1v) is 8.85. The van der Waals surface area contributed by atoms with E-state index in [4.69, 9.17) is 0 Å². The number of unbranched alkanes of at least 4 members (excludes halogenated alkanes) is 11. The van der Waals surface area contributed by atoms with Crippen molar-refractivity contribution in [3.8, 4) is 0 Å². The number of rotatable bonds is 15. The van der Waals surface area contributed by atoms with Gasteiger partial charge in [0.1, 0.15) is 6.29 Å². The van der Waals surface area contributed by atoms with E-state index in [0.29, 0.717) is 0 Å². The maximum atomic E-state index is 10.7.